The van der Waals surface area contributed by atoms with Crippen LogP contribution in [0, 0.1) is 28.4 Å². The smallest absolute Gasteiger partial charge is 0.270 e. The van der Waals surface area contributed by atoms with E-state index in [0.717, 1.165) is 11.1 Å². The lowest BCUT2D eigenvalue weighted by Crippen LogP contribution is -1.89. The molecule has 4 rings (SSSR count). The molecule has 0 radical (unpaired) electrons. The standard InChI is InChI=1S/C22H16N4O4/c1-13-3-4-15(26(27)28)10-18(13)21-8-6-17(30-21)9-14(12-23)22-24-19-7-5-16(29-2)11-20(19)25-22/h3-11H,1-2H3,(H,24,25)/b14-9-. The number of aromatic amines is 1. The first kappa shape index (κ1) is 19.0. The number of aromatic nitrogens is 2. The second kappa shape index (κ2) is 7.56. The number of imidazole rings is 1. The Morgan fingerprint density at radius 2 is 2.10 bits per heavy atom. The van der Waals surface area contributed by atoms with Gasteiger partial charge in [0, 0.05) is 29.8 Å². The minimum absolute atomic E-state index is 0.0143. The Bertz CT molecular complexity index is 1340. The number of hydrogen-bond donors (Lipinski definition) is 1. The van der Waals surface area contributed by atoms with Crippen molar-refractivity contribution in [3.8, 4) is 23.1 Å². The Balaban J connectivity index is 1.70. The van der Waals surface area contributed by atoms with Gasteiger partial charge in [-0.1, -0.05) is 6.07 Å². The third-order valence-corrected chi connectivity index (χ3v) is 4.68. The quantitative estimate of drug-likeness (QED) is 0.282. The third kappa shape index (κ3) is 3.52. The summed E-state index contributed by atoms with van der Waals surface area (Å²) in [6, 6.07) is 15.6. The van der Waals surface area contributed by atoms with E-state index in [1.54, 1.807) is 49.6 Å². The average molecular weight is 400 g/mol. The van der Waals surface area contributed by atoms with E-state index >= 15 is 0 Å². The van der Waals surface area contributed by atoms with Crippen molar-refractivity contribution in [2.24, 2.45) is 0 Å². The number of hydrogen-bond acceptors (Lipinski definition) is 6. The predicted octanol–water partition coefficient (Wildman–Crippen LogP) is 5.11. The molecule has 0 aliphatic heterocycles. The first-order valence-electron chi connectivity index (χ1n) is 8.99. The number of fused-ring (bicyclic) bond motifs is 1. The highest BCUT2D eigenvalue weighted by Gasteiger charge is 2.14. The molecule has 1 N–H and O–H groups in total. The highest BCUT2D eigenvalue weighted by atomic mass is 16.6. The fourth-order valence-electron chi connectivity index (χ4n) is 3.10. The van der Waals surface area contributed by atoms with Crippen LogP contribution in [0.5, 0.6) is 5.75 Å². The maximum atomic E-state index is 11.1. The van der Waals surface area contributed by atoms with Gasteiger partial charge in [0.15, 0.2) is 0 Å². The Labute approximate surface area is 171 Å². The molecule has 0 amide bonds. The number of H-pyrrole nitrogens is 1. The number of nitro groups is 1. The van der Waals surface area contributed by atoms with Crippen LogP contribution in [0.4, 0.5) is 5.69 Å². The molecule has 148 valence electrons. The molecule has 0 aliphatic rings. The lowest BCUT2D eigenvalue weighted by atomic mass is 10.1. The minimum Gasteiger partial charge on any atom is -0.497 e. The van der Waals surface area contributed by atoms with Gasteiger partial charge in [0.25, 0.3) is 5.69 Å². The molecule has 2 aromatic carbocycles. The SMILES string of the molecule is COc1ccc2nc(/C(C#N)=C\c3ccc(-c4cc([N+](=O)[O-])ccc4C)o3)[nH]c2c1. The van der Waals surface area contributed by atoms with Crippen LogP contribution >= 0.6 is 0 Å². The van der Waals surface area contributed by atoms with E-state index in [1.807, 2.05) is 6.92 Å². The number of nitro benzene ring substituents is 1. The number of furan rings is 1. The monoisotopic (exact) mass is 400 g/mol. The van der Waals surface area contributed by atoms with Crippen molar-refractivity contribution in [3.63, 3.8) is 0 Å². The highest BCUT2D eigenvalue weighted by molar-refractivity contribution is 5.90. The Kier molecular flexibility index (Phi) is 4.78. The predicted molar refractivity (Wildman–Crippen MR) is 112 cm³/mol. The third-order valence-electron chi connectivity index (χ3n) is 4.68. The van der Waals surface area contributed by atoms with Gasteiger partial charge in [0.1, 0.15) is 29.2 Å². The summed E-state index contributed by atoms with van der Waals surface area (Å²) in [6.45, 7) is 1.85. The van der Waals surface area contributed by atoms with Crippen LogP contribution in [-0.4, -0.2) is 22.0 Å². The molecule has 0 saturated heterocycles. The van der Waals surface area contributed by atoms with E-state index in [4.69, 9.17) is 9.15 Å². The van der Waals surface area contributed by atoms with Gasteiger partial charge in [-0.3, -0.25) is 10.1 Å². The molecule has 8 heteroatoms. The summed E-state index contributed by atoms with van der Waals surface area (Å²) in [5.74, 6) is 2.01. The number of aryl methyl sites for hydroxylation is 1. The van der Waals surface area contributed by atoms with E-state index in [9.17, 15) is 15.4 Å². The maximum Gasteiger partial charge on any atom is 0.270 e. The minimum atomic E-state index is -0.447. The summed E-state index contributed by atoms with van der Waals surface area (Å²) in [7, 11) is 1.58. The number of non-ortho nitro benzene ring substituents is 1. The zero-order valence-corrected chi connectivity index (χ0v) is 16.2. The van der Waals surface area contributed by atoms with E-state index in [1.165, 1.54) is 12.1 Å². The first-order valence-corrected chi connectivity index (χ1v) is 8.99. The molecule has 0 atom stereocenters. The molecule has 8 nitrogen and oxygen atoms in total. The van der Waals surface area contributed by atoms with Crippen molar-refractivity contribution in [1.82, 2.24) is 9.97 Å². The highest BCUT2D eigenvalue weighted by Crippen LogP contribution is 2.30. The maximum absolute atomic E-state index is 11.1. The van der Waals surface area contributed by atoms with Crippen molar-refractivity contribution < 1.29 is 14.1 Å². The number of methoxy groups -OCH3 is 1. The number of nitriles is 1. The summed E-state index contributed by atoms with van der Waals surface area (Å²) in [5, 5.41) is 20.7. The fraction of sp³-hybridized carbons (Fsp3) is 0.0909. The zero-order valence-electron chi connectivity index (χ0n) is 16.2. The van der Waals surface area contributed by atoms with Gasteiger partial charge in [-0.25, -0.2) is 4.98 Å². The molecule has 0 saturated carbocycles. The molecule has 2 heterocycles. The number of benzene rings is 2. The van der Waals surface area contributed by atoms with E-state index < -0.39 is 4.92 Å². The van der Waals surface area contributed by atoms with Crippen LogP contribution < -0.4 is 4.74 Å². The summed E-state index contributed by atoms with van der Waals surface area (Å²) in [6.07, 6.45) is 1.57. The molecular weight excluding hydrogens is 384 g/mol. The summed E-state index contributed by atoms with van der Waals surface area (Å²) < 4.78 is 11.0. The molecule has 30 heavy (non-hydrogen) atoms. The van der Waals surface area contributed by atoms with Gasteiger partial charge in [-0.15, -0.1) is 0 Å². The van der Waals surface area contributed by atoms with Crippen LogP contribution in [0.1, 0.15) is 17.1 Å². The molecule has 0 fully saturated rings. The number of nitrogens with one attached hydrogen (secondary N) is 1. The molecule has 0 spiro atoms. The second-order valence-corrected chi connectivity index (χ2v) is 6.60. The van der Waals surface area contributed by atoms with Crippen LogP contribution in [0.2, 0.25) is 0 Å². The molecule has 2 aromatic heterocycles. The van der Waals surface area contributed by atoms with Crippen molar-refractivity contribution in [2.75, 3.05) is 7.11 Å². The first-order chi connectivity index (χ1) is 14.5. The summed E-state index contributed by atoms with van der Waals surface area (Å²) >= 11 is 0. The topological polar surface area (TPSA) is 118 Å². The van der Waals surface area contributed by atoms with E-state index in [0.29, 0.717) is 39.7 Å². The molecule has 0 aliphatic carbocycles. The number of ether oxygens (including phenoxy) is 1. The largest absolute Gasteiger partial charge is 0.497 e. The molecule has 0 unspecified atom stereocenters. The number of allylic oxidation sites excluding steroid dienone is 1. The Morgan fingerprint density at radius 3 is 2.83 bits per heavy atom. The zero-order chi connectivity index (χ0) is 21.3. The van der Waals surface area contributed by atoms with Crippen LogP contribution in [0.15, 0.2) is 52.9 Å². The van der Waals surface area contributed by atoms with Crippen molar-refractivity contribution in [1.29, 1.82) is 5.26 Å². The van der Waals surface area contributed by atoms with Gasteiger partial charge < -0.3 is 14.1 Å². The normalized spacial score (nSPS) is 11.4. The van der Waals surface area contributed by atoms with Crippen LogP contribution in [-0.2, 0) is 0 Å². The van der Waals surface area contributed by atoms with Gasteiger partial charge in [0.2, 0.25) is 0 Å². The lowest BCUT2D eigenvalue weighted by Gasteiger charge is -2.02. The van der Waals surface area contributed by atoms with Gasteiger partial charge in [0.05, 0.1) is 28.6 Å². The van der Waals surface area contributed by atoms with Gasteiger partial charge in [-0.2, -0.15) is 5.26 Å². The summed E-state index contributed by atoms with van der Waals surface area (Å²) in [4.78, 5) is 18.2. The van der Waals surface area contributed by atoms with Gasteiger partial charge in [-0.05, 0) is 36.8 Å². The number of nitrogens with zero attached hydrogens (tertiary/aromatic N) is 3. The van der Waals surface area contributed by atoms with E-state index in [-0.39, 0.29) is 5.69 Å². The van der Waals surface area contributed by atoms with Crippen LogP contribution in [0.25, 0.3) is 34.0 Å². The van der Waals surface area contributed by atoms with Crippen molar-refractivity contribution >= 4 is 28.4 Å². The van der Waals surface area contributed by atoms with Crippen LogP contribution in [0.3, 0.4) is 0 Å². The fourth-order valence-corrected chi connectivity index (χ4v) is 3.10. The van der Waals surface area contributed by atoms with E-state index in [2.05, 4.69) is 16.0 Å². The Morgan fingerprint density at radius 1 is 1.27 bits per heavy atom. The second-order valence-electron chi connectivity index (χ2n) is 6.60. The average Bonchev–Trinajstić information content (AvgIpc) is 3.38. The molecular formula is C22H16N4O4. The lowest BCUT2D eigenvalue weighted by molar-refractivity contribution is -0.384. The molecule has 0 bridgehead atoms. The van der Waals surface area contributed by atoms with Gasteiger partial charge >= 0.3 is 0 Å². The summed E-state index contributed by atoms with van der Waals surface area (Å²) in [5.41, 5.74) is 3.20. The van der Waals surface area contributed by atoms with Crippen molar-refractivity contribution in [3.05, 3.63) is 75.8 Å². The molecule has 4 aromatic rings. The van der Waals surface area contributed by atoms with Crippen molar-refractivity contribution in [2.45, 2.75) is 6.92 Å². The number of rotatable bonds is 5. The Hall–Kier alpha value is -4.38.